The van der Waals surface area contributed by atoms with Crippen LogP contribution in [-0.4, -0.2) is 17.5 Å². The molecule has 3 rings (SSSR count). The Morgan fingerprint density at radius 3 is 2.50 bits per heavy atom. The lowest BCUT2D eigenvalue weighted by molar-refractivity contribution is -0.135. The van der Waals surface area contributed by atoms with Crippen LogP contribution in [0.4, 0.5) is 0 Å². The topological polar surface area (TPSA) is 78.6 Å². The van der Waals surface area contributed by atoms with Gasteiger partial charge in [-0.1, -0.05) is 11.6 Å². The molecule has 1 amide bonds. The third kappa shape index (κ3) is 2.33. The molecule has 1 aromatic rings. The first-order valence-corrected chi connectivity index (χ1v) is 7.72. The summed E-state index contributed by atoms with van der Waals surface area (Å²) in [5, 5.41) is 0.310. The maximum Gasteiger partial charge on any atom is 0.251 e. The molecular formula is C16H18ClNO4. The molecular weight excluding hydrogens is 306 g/mol. The maximum absolute atomic E-state index is 11.5. The molecule has 118 valence electrons. The van der Waals surface area contributed by atoms with Gasteiger partial charge < -0.3 is 15.2 Å². The molecule has 0 radical (unpaired) electrons. The Kier molecular flexibility index (Phi) is 3.56. The van der Waals surface area contributed by atoms with Crippen molar-refractivity contribution in [2.24, 2.45) is 11.7 Å². The summed E-state index contributed by atoms with van der Waals surface area (Å²) in [6.45, 7) is 3.61. The monoisotopic (exact) mass is 323 g/mol. The molecule has 0 saturated heterocycles. The van der Waals surface area contributed by atoms with Crippen molar-refractivity contribution in [2.75, 3.05) is 0 Å². The van der Waals surface area contributed by atoms with Gasteiger partial charge in [0.2, 0.25) is 5.91 Å². The first kappa shape index (κ1) is 15.2. The number of Topliss-reactive ketones (excluding diaryl/α,β-unsaturated/α-hetero) is 1. The fraction of sp³-hybridized carbons (Fsp3) is 0.500. The molecule has 1 unspecified atom stereocenters. The van der Waals surface area contributed by atoms with E-state index in [0.717, 1.165) is 12.8 Å². The summed E-state index contributed by atoms with van der Waals surface area (Å²) in [5.41, 5.74) is 6.33. The lowest BCUT2D eigenvalue weighted by atomic mass is 9.83. The number of hydrogen-bond donors (Lipinski definition) is 1. The van der Waals surface area contributed by atoms with Crippen molar-refractivity contribution in [3.63, 3.8) is 0 Å². The minimum Gasteiger partial charge on any atom is -0.448 e. The van der Waals surface area contributed by atoms with Crippen LogP contribution in [0.2, 0.25) is 5.02 Å². The minimum absolute atomic E-state index is 0.102. The van der Waals surface area contributed by atoms with Gasteiger partial charge >= 0.3 is 0 Å². The van der Waals surface area contributed by atoms with E-state index < -0.39 is 11.7 Å². The van der Waals surface area contributed by atoms with Crippen LogP contribution in [0.25, 0.3) is 0 Å². The van der Waals surface area contributed by atoms with Crippen LogP contribution < -0.4 is 15.2 Å². The highest BCUT2D eigenvalue weighted by atomic mass is 35.5. The Morgan fingerprint density at radius 2 is 1.91 bits per heavy atom. The molecule has 5 nitrogen and oxygen atoms in total. The van der Waals surface area contributed by atoms with Gasteiger partial charge in [0, 0.05) is 36.8 Å². The minimum atomic E-state index is -0.867. The second-order valence-corrected chi connectivity index (χ2v) is 6.49. The molecule has 6 heteroatoms. The van der Waals surface area contributed by atoms with Crippen molar-refractivity contribution in [3.05, 3.63) is 22.2 Å². The van der Waals surface area contributed by atoms with Crippen molar-refractivity contribution in [1.29, 1.82) is 0 Å². The van der Waals surface area contributed by atoms with Crippen molar-refractivity contribution in [1.82, 2.24) is 0 Å². The van der Waals surface area contributed by atoms with Gasteiger partial charge in [-0.25, -0.2) is 0 Å². The van der Waals surface area contributed by atoms with Crippen LogP contribution in [0.1, 0.15) is 48.5 Å². The summed E-state index contributed by atoms with van der Waals surface area (Å²) < 4.78 is 12.0. The number of primary amides is 1. The molecule has 1 heterocycles. The standard InChI is InChI=1S/C16H18ClNO4/c1-8-11(15(18)20)7-12(17)14-13(8)21-16(2,22-14)9-3-5-10(19)6-4-9/h7,9H,3-6H2,1-2H3,(H2,18,20). The Balaban J connectivity index is 1.95. The molecule has 0 bridgehead atoms. The molecule has 1 aliphatic heterocycles. The molecule has 1 saturated carbocycles. The first-order valence-electron chi connectivity index (χ1n) is 7.34. The zero-order valence-electron chi connectivity index (χ0n) is 12.6. The van der Waals surface area contributed by atoms with Gasteiger partial charge in [0.1, 0.15) is 5.78 Å². The highest BCUT2D eigenvalue weighted by Crippen LogP contribution is 2.51. The van der Waals surface area contributed by atoms with E-state index in [2.05, 4.69) is 0 Å². The van der Waals surface area contributed by atoms with Crippen molar-refractivity contribution in [3.8, 4) is 11.5 Å². The fourth-order valence-electron chi connectivity index (χ4n) is 3.23. The molecule has 1 atom stereocenters. The van der Waals surface area contributed by atoms with E-state index >= 15 is 0 Å². The lowest BCUT2D eigenvalue weighted by Crippen LogP contribution is -2.44. The quantitative estimate of drug-likeness (QED) is 0.907. The molecule has 0 spiro atoms. The number of hydrogen-bond acceptors (Lipinski definition) is 4. The maximum atomic E-state index is 11.5. The number of ketones is 1. The number of carbonyl (C=O) groups excluding carboxylic acids is 2. The Hall–Kier alpha value is -1.75. The zero-order valence-corrected chi connectivity index (χ0v) is 13.3. The zero-order chi connectivity index (χ0) is 16.1. The van der Waals surface area contributed by atoms with Gasteiger partial charge in [0.25, 0.3) is 5.79 Å². The molecule has 22 heavy (non-hydrogen) atoms. The molecule has 2 aliphatic rings. The fourth-order valence-corrected chi connectivity index (χ4v) is 3.47. The summed E-state index contributed by atoms with van der Waals surface area (Å²) in [5.74, 6) is -0.120. The summed E-state index contributed by atoms with van der Waals surface area (Å²) in [7, 11) is 0. The van der Waals surface area contributed by atoms with Crippen LogP contribution in [0, 0.1) is 12.8 Å². The average molecular weight is 324 g/mol. The van der Waals surface area contributed by atoms with E-state index in [1.54, 1.807) is 6.92 Å². The summed E-state index contributed by atoms with van der Waals surface area (Å²) in [6, 6.07) is 1.51. The molecule has 1 aromatic carbocycles. The lowest BCUT2D eigenvalue weighted by Gasteiger charge is -2.34. The van der Waals surface area contributed by atoms with E-state index in [9.17, 15) is 9.59 Å². The largest absolute Gasteiger partial charge is 0.448 e. The number of halogens is 1. The molecule has 2 N–H and O–H groups in total. The Bertz CT molecular complexity index is 663. The Labute approximate surface area is 133 Å². The number of rotatable bonds is 2. The summed E-state index contributed by atoms with van der Waals surface area (Å²) in [4.78, 5) is 22.9. The second kappa shape index (κ2) is 5.16. The predicted molar refractivity (Wildman–Crippen MR) is 81.3 cm³/mol. The summed E-state index contributed by atoms with van der Waals surface area (Å²) >= 11 is 6.21. The SMILES string of the molecule is Cc1c(C(N)=O)cc(Cl)c2c1OC(C)(C1CCC(=O)CC1)O2. The van der Waals surface area contributed by atoms with Crippen LogP contribution >= 0.6 is 11.6 Å². The van der Waals surface area contributed by atoms with E-state index in [0.29, 0.717) is 40.5 Å². The highest BCUT2D eigenvalue weighted by Gasteiger charge is 2.47. The molecule has 1 aliphatic carbocycles. The van der Waals surface area contributed by atoms with Crippen molar-refractivity contribution >= 4 is 23.3 Å². The third-order valence-electron chi connectivity index (χ3n) is 4.60. The van der Waals surface area contributed by atoms with Gasteiger partial charge in [0.05, 0.1) is 5.02 Å². The second-order valence-electron chi connectivity index (χ2n) is 6.09. The van der Waals surface area contributed by atoms with Crippen LogP contribution in [-0.2, 0) is 4.79 Å². The van der Waals surface area contributed by atoms with E-state index in [1.165, 1.54) is 6.07 Å². The van der Waals surface area contributed by atoms with Gasteiger partial charge in [-0.3, -0.25) is 9.59 Å². The number of benzene rings is 1. The number of ether oxygens (including phenoxy) is 2. The number of carbonyl (C=O) groups is 2. The van der Waals surface area contributed by atoms with Crippen molar-refractivity contribution < 1.29 is 19.1 Å². The van der Waals surface area contributed by atoms with E-state index in [4.69, 9.17) is 26.8 Å². The number of fused-ring (bicyclic) bond motifs is 1. The summed E-state index contributed by atoms with van der Waals surface area (Å²) in [6.07, 6.45) is 2.54. The van der Waals surface area contributed by atoms with Gasteiger partial charge in [-0.05, 0) is 25.8 Å². The van der Waals surface area contributed by atoms with Crippen LogP contribution in [0.5, 0.6) is 11.5 Å². The average Bonchev–Trinajstić information content (AvgIpc) is 2.83. The number of nitrogens with two attached hydrogens (primary N) is 1. The van der Waals surface area contributed by atoms with E-state index in [-0.39, 0.29) is 11.7 Å². The van der Waals surface area contributed by atoms with Gasteiger partial charge in [-0.15, -0.1) is 0 Å². The predicted octanol–water partition coefficient (Wildman–Crippen LogP) is 2.99. The molecule has 1 fully saturated rings. The normalized spacial score (nSPS) is 24.6. The third-order valence-corrected chi connectivity index (χ3v) is 4.88. The first-order chi connectivity index (χ1) is 10.3. The van der Waals surface area contributed by atoms with E-state index in [1.807, 2.05) is 6.92 Å². The van der Waals surface area contributed by atoms with Gasteiger partial charge in [-0.2, -0.15) is 0 Å². The smallest absolute Gasteiger partial charge is 0.251 e. The van der Waals surface area contributed by atoms with Crippen molar-refractivity contribution in [2.45, 2.75) is 45.3 Å². The Morgan fingerprint density at radius 1 is 1.32 bits per heavy atom. The highest BCUT2D eigenvalue weighted by molar-refractivity contribution is 6.32. The van der Waals surface area contributed by atoms with Crippen LogP contribution in [0.15, 0.2) is 6.07 Å². The molecule has 0 aromatic heterocycles. The van der Waals surface area contributed by atoms with Crippen LogP contribution in [0.3, 0.4) is 0 Å². The van der Waals surface area contributed by atoms with Gasteiger partial charge in [0.15, 0.2) is 11.5 Å². The number of amides is 1.